The van der Waals surface area contributed by atoms with E-state index in [0.717, 1.165) is 18.0 Å². The van der Waals surface area contributed by atoms with Crippen molar-refractivity contribution in [1.29, 1.82) is 0 Å². The summed E-state index contributed by atoms with van der Waals surface area (Å²) in [6, 6.07) is 2.52. The first-order valence-electron chi connectivity index (χ1n) is 5.52. The van der Waals surface area contributed by atoms with Gasteiger partial charge in [-0.05, 0) is 6.92 Å². The molecule has 0 aliphatic rings. The van der Waals surface area contributed by atoms with E-state index < -0.39 is 4.92 Å². The van der Waals surface area contributed by atoms with Gasteiger partial charge < -0.3 is 9.97 Å². The van der Waals surface area contributed by atoms with Crippen molar-refractivity contribution >= 4 is 23.2 Å². The van der Waals surface area contributed by atoms with Gasteiger partial charge in [-0.2, -0.15) is 0 Å². The minimum atomic E-state index is -0.583. The summed E-state index contributed by atoms with van der Waals surface area (Å²) in [6.45, 7) is 1.68. The van der Waals surface area contributed by atoms with E-state index in [1.165, 1.54) is 12.1 Å². The number of aryl methyl sites for hydroxylation is 1. The molecule has 2 aromatic heterocycles. The number of hydrogen-bond acceptors (Lipinski definition) is 6. The van der Waals surface area contributed by atoms with Gasteiger partial charge in [0.1, 0.15) is 0 Å². The third kappa shape index (κ3) is 3.32. The molecular weight excluding hydrogens is 284 g/mol. The highest BCUT2D eigenvalue weighted by Crippen LogP contribution is 2.17. The number of ketones is 1. The fraction of sp³-hybridized carbons (Fsp3) is 0.182. The van der Waals surface area contributed by atoms with Gasteiger partial charge in [-0.3, -0.25) is 19.7 Å². The van der Waals surface area contributed by atoms with E-state index in [0.29, 0.717) is 10.9 Å². The molecule has 0 saturated carbocycles. The van der Waals surface area contributed by atoms with Crippen LogP contribution >= 0.6 is 11.8 Å². The van der Waals surface area contributed by atoms with Crippen LogP contribution in [-0.4, -0.2) is 31.4 Å². The van der Waals surface area contributed by atoms with E-state index >= 15 is 0 Å². The van der Waals surface area contributed by atoms with Crippen LogP contribution in [0.4, 0.5) is 5.69 Å². The Morgan fingerprint density at radius 1 is 1.50 bits per heavy atom. The molecule has 0 fully saturated rings. The number of carbonyl (C=O) groups excluding carboxylic acids is 1. The maximum absolute atomic E-state index is 11.8. The van der Waals surface area contributed by atoms with Crippen LogP contribution in [0.25, 0.3) is 0 Å². The maximum atomic E-state index is 11.8. The largest absolute Gasteiger partial charge is 0.353 e. The van der Waals surface area contributed by atoms with E-state index in [-0.39, 0.29) is 28.5 Å². The van der Waals surface area contributed by atoms with Gasteiger partial charge in [-0.25, -0.2) is 4.98 Å². The highest BCUT2D eigenvalue weighted by molar-refractivity contribution is 7.99. The lowest BCUT2D eigenvalue weighted by molar-refractivity contribution is -0.384. The molecule has 8 nitrogen and oxygen atoms in total. The Morgan fingerprint density at radius 2 is 2.25 bits per heavy atom. The van der Waals surface area contributed by atoms with Crippen molar-refractivity contribution in [2.24, 2.45) is 0 Å². The molecule has 0 amide bonds. The van der Waals surface area contributed by atoms with Gasteiger partial charge in [0.2, 0.25) is 0 Å². The van der Waals surface area contributed by atoms with E-state index in [4.69, 9.17) is 0 Å². The van der Waals surface area contributed by atoms with E-state index in [9.17, 15) is 19.7 Å². The molecule has 0 bridgehead atoms. The first-order valence-corrected chi connectivity index (χ1v) is 6.51. The molecule has 0 aromatic carbocycles. The maximum Gasteiger partial charge on any atom is 0.287 e. The van der Waals surface area contributed by atoms with Crippen LogP contribution in [-0.2, 0) is 0 Å². The Kier molecular flexibility index (Phi) is 3.99. The van der Waals surface area contributed by atoms with Crippen molar-refractivity contribution in [3.05, 3.63) is 50.2 Å². The molecule has 9 heteroatoms. The number of hydrogen-bond donors (Lipinski definition) is 2. The summed E-state index contributed by atoms with van der Waals surface area (Å²) < 4.78 is 0. The zero-order chi connectivity index (χ0) is 14.7. The molecule has 104 valence electrons. The minimum Gasteiger partial charge on any atom is -0.353 e. The second-order valence-corrected chi connectivity index (χ2v) is 4.90. The van der Waals surface area contributed by atoms with Gasteiger partial charge in [0.25, 0.3) is 11.2 Å². The third-order valence-electron chi connectivity index (χ3n) is 2.37. The Morgan fingerprint density at radius 3 is 2.85 bits per heavy atom. The molecule has 0 aliphatic heterocycles. The number of nitrogens with zero attached hydrogens (tertiary/aromatic N) is 2. The predicted molar refractivity (Wildman–Crippen MR) is 72.1 cm³/mol. The van der Waals surface area contributed by atoms with Gasteiger partial charge in [0, 0.05) is 17.8 Å². The zero-order valence-electron chi connectivity index (χ0n) is 10.4. The second kappa shape index (κ2) is 5.70. The zero-order valence-corrected chi connectivity index (χ0v) is 11.2. The van der Waals surface area contributed by atoms with Gasteiger partial charge in [0.05, 0.1) is 22.6 Å². The SMILES string of the molecule is Cc1cc(=O)[nH]c(SCC(=O)c2cc([N+](=O)[O-])c[nH]2)n1. The second-order valence-electron chi connectivity index (χ2n) is 3.93. The lowest BCUT2D eigenvalue weighted by Gasteiger charge is -2.00. The lowest BCUT2D eigenvalue weighted by atomic mass is 10.3. The first kappa shape index (κ1) is 14.0. The number of carbonyl (C=O) groups is 1. The summed E-state index contributed by atoms with van der Waals surface area (Å²) in [5.41, 5.74) is 0.252. The van der Waals surface area contributed by atoms with Gasteiger partial charge in [-0.15, -0.1) is 0 Å². The highest BCUT2D eigenvalue weighted by atomic mass is 32.2. The van der Waals surface area contributed by atoms with E-state index in [2.05, 4.69) is 15.0 Å². The van der Waals surface area contributed by atoms with Crippen LogP contribution in [0.15, 0.2) is 28.3 Å². The molecule has 0 radical (unpaired) electrons. The third-order valence-corrected chi connectivity index (χ3v) is 3.24. The standard InChI is InChI=1S/C11H10N4O4S/c1-6-2-10(17)14-11(13-6)20-5-9(16)8-3-7(4-12-8)15(18)19/h2-4,12H,5H2,1H3,(H,13,14,17). The van der Waals surface area contributed by atoms with Crippen molar-refractivity contribution in [2.45, 2.75) is 12.1 Å². The summed E-state index contributed by atoms with van der Waals surface area (Å²) in [5, 5.41) is 10.8. The lowest BCUT2D eigenvalue weighted by Crippen LogP contribution is -2.10. The number of rotatable bonds is 5. The van der Waals surface area contributed by atoms with Crippen LogP contribution < -0.4 is 5.56 Å². The van der Waals surface area contributed by atoms with E-state index in [1.807, 2.05) is 0 Å². The number of nitrogens with one attached hydrogen (secondary N) is 2. The molecule has 2 aromatic rings. The van der Waals surface area contributed by atoms with Crippen molar-refractivity contribution < 1.29 is 9.72 Å². The van der Waals surface area contributed by atoms with Crippen LogP contribution in [0.2, 0.25) is 0 Å². The van der Waals surface area contributed by atoms with Gasteiger partial charge in [-0.1, -0.05) is 11.8 Å². The summed E-state index contributed by atoms with van der Waals surface area (Å²) in [6.07, 6.45) is 1.16. The Balaban J connectivity index is 2.04. The average Bonchev–Trinajstić information content (AvgIpc) is 2.84. The predicted octanol–water partition coefficient (Wildman–Crippen LogP) is 1.29. The molecule has 20 heavy (non-hydrogen) atoms. The molecule has 0 spiro atoms. The monoisotopic (exact) mass is 294 g/mol. The Labute approximate surface area is 116 Å². The van der Waals surface area contributed by atoms with Crippen LogP contribution in [0.3, 0.4) is 0 Å². The molecular formula is C11H10N4O4S. The summed E-state index contributed by atoms with van der Waals surface area (Å²) >= 11 is 1.06. The van der Waals surface area contributed by atoms with Crippen LogP contribution in [0.1, 0.15) is 16.2 Å². The summed E-state index contributed by atoms with van der Waals surface area (Å²) in [4.78, 5) is 42.1. The number of thioether (sulfide) groups is 1. The molecule has 0 unspecified atom stereocenters. The number of Topliss-reactive ketones (excluding diaryl/α,β-unsaturated/α-hetero) is 1. The molecule has 0 atom stereocenters. The molecule has 0 aliphatic carbocycles. The Hall–Kier alpha value is -2.42. The molecule has 2 heterocycles. The fourth-order valence-corrected chi connectivity index (χ4v) is 2.29. The average molecular weight is 294 g/mol. The smallest absolute Gasteiger partial charge is 0.287 e. The first-order chi connectivity index (χ1) is 9.45. The molecule has 0 saturated heterocycles. The topological polar surface area (TPSA) is 122 Å². The van der Waals surface area contributed by atoms with Crippen molar-refractivity contribution in [2.75, 3.05) is 5.75 Å². The summed E-state index contributed by atoms with van der Waals surface area (Å²) in [7, 11) is 0. The number of aromatic nitrogens is 3. The van der Waals surface area contributed by atoms with Crippen molar-refractivity contribution in [3.63, 3.8) is 0 Å². The van der Waals surface area contributed by atoms with Crippen LogP contribution in [0, 0.1) is 17.0 Å². The van der Waals surface area contributed by atoms with Gasteiger partial charge >= 0.3 is 0 Å². The minimum absolute atomic E-state index is 0.0179. The molecule has 2 rings (SSSR count). The quantitative estimate of drug-likeness (QED) is 0.282. The van der Waals surface area contributed by atoms with E-state index in [1.54, 1.807) is 6.92 Å². The summed E-state index contributed by atoms with van der Waals surface area (Å²) in [5.74, 6) is -0.295. The van der Waals surface area contributed by atoms with Gasteiger partial charge in [0.15, 0.2) is 10.9 Å². The van der Waals surface area contributed by atoms with Crippen molar-refractivity contribution in [3.8, 4) is 0 Å². The number of H-pyrrole nitrogens is 2. The van der Waals surface area contributed by atoms with Crippen molar-refractivity contribution in [1.82, 2.24) is 15.0 Å². The van der Waals surface area contributed by atoms with Crippen LogP contribution in [0.5, 0.6) is 0 Å². The Bertz CT molecular complexity index is 721. The molecule has 2 N–H and O–H groups in total. The highest BCUT2D eigenvalue weighted by Gasteiger charge is 2.15. The fourth-order valence-electron chi connectivity index (χ4n) is 1.48. The normalized spacial score (nSPS) is 10.4. The number of nitro groups is 1. The number of aromatic amines is 2.